The Morgan fingerprint density at radius 3 is 2.32 bits per heavy atom. The second kappa shape index (κ2) is 6.25. The first-order valence-electron chi connectivity index (χ1n) is 6.45. The van der Waals surface area contributed by atoms with Crippen molar-refractivity contribution in [2.75, 3.05) is 7.11 Å². The average molecular weight is 319 g/mol. The molecule has 0 aliphatic rings. The van der Waals surface area contributed by atoms with Crippen LogP contribution in [0.15, 0.2) is 42.5 Å². The maximum Gasteiger partial charge on any atom is 0.119 e. The van der Waals surface area contributed by atoms with Crippen molar-refractivity contribution in [1.82, 2.24) is 0 Å². The molecule has 19 heavy (non-hydrogen) atoms. The summed E-state index contributed by atoms with van der Waals surface area (Å²) in [5.74, 6) is 0.915. The van der Waals surface area contributed by atoms with Crippen LogP contribution in [0.2, 0.25) is 0 Å². The Bertz CT molecular complexity index is 543. The van der Waals surface area contributed by atoms with Crippen LogP contribution in [0.5, 0.6) is 5.75 Å². The Balaban J connectivity index is 2.23. The summed E-state index contributed by atoms with van der Waals surface area (Å²) in [6.45, 7) is 4.34. The number of hydrogen-bond donors (Lipinski definition) is 0. The van der Waals surface area contributed by atoms with Gasteiger partial charge in [-0.2, -0.15) is 0 Å². The number of methoxy groups -OCH3 is 1. The quantitative estimate of drug-likeness (QED) is 0.721. The van der Waals surface area contributed by atoms with Crippen LogP contribution in [0.25, 0.3) is 0 Å². The van der Waals surface area contributed by atoms with Crippen molar-refractivity contribution in [2.45, 2.75) is 25.1 Å². The fourth-order valence-electron chi connectivity index (χ4n) is 2.43. The summed E-state index contributed by atoms with van der Waals surface area (Å²) in [7, 11) is 1.70. The van der Waals surface area contributed by atoms with Gasteiger partial charge in [-0.25, -0.2) is 0 Å². The number of alkyl halides is 1. The third-order valence-corrected chi connectivity index (χ3v) is 4.19. The molecule has 0 fully saturated rings. The van der Waals surface area contributed by atoms with E-state index in [1.165, 1.54) is 22.3 Å². The van der Waals surface area contributed by atoms with Crippen molar-refractivity contribution < 1.29 is 4.74 Å². The average Bonchev–Trinajstić information content (AvgIpc) is 2.38. The smallest absolute Gasteiger partial charge is 0.119 e. The normalized spacial score (nSPS) is 12.2. The Morgan fingerprint density at radius 1 is 1.05 bits per heavy atom. The summed E-state index contributed by atoms with van der Waals surface area (Å²) >= 11 is 3.83. The number of rotatable bonds is 4. The molecular weight excluding hydrogens is 300 g/mol. The van der Waals surface area contributed by atoms with E-state index >= 15 is 0 Å². The van der Waals surface area contributed by atoms with E-state index in [0.717, 1.165) is 12.2 Å². The summed E-state index contributed by atoms with van der Waals surface area (Å²) in [6, 6.07) is 14.7. The van der Waals surface area contributed by atoms with Crippen molar-refractivity contribution >= 4 is 15.9 Å². The zero-order valence-corrected chi connectivity index (χ0v) is 13.2. The third-order valence-electron chi connectivity index (χ3n) is 3.40. The molecule has 0 bridgehead atoms. The Morgan fingerprint density at radius 2 is 1.68 bits per heavy atom. The van der Waals surface area contributed by atoms with Crippen LogP contribution in [0.1, 0.15) is 27.1 Å². The van der Waals surface area contributed by atoms with Gasteiger partial charge in [0.2, 0.25) is 0 Å². The summed E-state index contributed by atoms with van der Waals surface area (Å²) in [4.78, 5) is 0.334. The van der Waals surface area contributed by atoms with Crippen LogP contribution < -0.4 is 4.74 Å². The van der Waals surface area contributed by atoms with E-state index < -0.39 is 0 Å². The first kappa shape index (κ1) is 14.1. The van der Waals surface area contributed by atoms with Crippen LogP contribution >= 0.6 is 15.9 Å². The van der Waals surface area contributed by atoms with Gasteiger partial charge in [0, 0.05) is 4.83 Å². The lowest BCUT2D eigenvalue weighted by molar-refractivity contribution is 0.414. The maximum absolute atomic E-state index is 5.27. The number of aryl methyl sites for hydroxylation is 2. The fourth-order valence-corrected chi connectivity index (χ4v) is 3.53. The van der Waals surface area contributed by atoms with Gasteiger partial charge in [-0.15, -0.1) is 0 Å². The second-order valence-electron chi connectivity index (χ2n) is 4.83. The van der Waals surface area contributed by atoms with Crippen LogP contribution in [-0.4, -0.2) is 7.11 Å². The molecule has 2 heteroatoms. The Labute approximate surface area is 123 Å². The molecule has 2 aromatic rings. The van der Waals surface area contributed by atoms with Gasteiger partial charge in [0.05, 0.1) is 7.11 Å². The molecule has 0 spiro atoms. The fraction of sp³-hybridized carbons (Fsp3) is 0.294. The minimum Gasteiger partial charge on any atom is -0.497 e. The van der Waals surface area contributed by atoms with Gasteiger partial charge in [0.1, 0.15) is 5.75 Å². The zero-order valence-electron chi connectivity index (χ0n) is 11.6. The van der Waals surface area contributed by atoms with Crippen molar-refractivity contribution in [3.05, 3.63) is 64.7 Å². The van der Waals surface area contributed by atoms with Crippen molar-refractivity contribution in [3.63, 3.8) is 0 Å². The largest absolute Gasteiger partial charge is 0.497 e. The molecule has 1 unspecified atom stereocenters. The van der Waals surface area contributed by atoms with E-state index in [4.69, 9.17) is 4.74 Å². The monoisotopic (exact) mass is 318 g/mol. The summed E-state index contributed by atoms with van der Waals surface area (Å²) in [5, 5.41) is 0. The molecule has 0 heterocycles. The van der Waals surface area contributed by atoms with Gasteiger partial charge in [-0.3, -0.25) is 0 Å². The first-order valence-corrected chi connectivity index (χ1v) is 7.36. The van der Waals surface area contributed by atoms with E-state index in [2.05, 4.69) is 60.1 Å². The van der Waals surface area contributed by atoms with Crippen LogP contribution in [0.3, 0.4) is 0 Å². The van der Waals surface area contributed by atoms with Gasteiger partial charge in [0.15, 0.2) is 0 Å². The number of halogens is 1. The topological polar surface area (TPSA) is 9.23 Å². The van der Waals surface area contributed by atoms with Crippen LogP contribution in [0, 0.1) is 13.8 Å². The maximum atomic E-state index is 5.27. The molecule has 0 amide bonds. The lowest BCUT2D eigenvalue weighted by atomic mass is 9.96. The first-order chi connectivity index (χ1) is 9.11. The SMILES string of the molecule is COc1cccc(CC(Br)c2c(C)cccc2C)c1. The van der Waals surface area contributed by atoms with Crippen LogP contribution in [-0.2, 0) is 6.42 Å². The molecule has 1 atom stereocenters. The molecule has 0 radical (unpaired) electrons. The summed E-state index contributed by atoms with van der Waals surface area (Å²) in [6.07, 6.45) is 0.961. The van der Waals surface area contributed by atoms with Gasteiger partial charge in [0.25, 0.3) is 0 Å². The molecule has 0 saturated heterocycles. The number of benzene rings is 2. The van der Waals surface area contributed by atoms with E-state index in [-0.39, 0.29) is 0 Å². The molecule has 0 aromatic heterocycles. The molecule has 0 saturated carbocycles. The van der Waals surface area contributed by atoms with Gasteiger partial charge in [-0.1, -0.05) is 46.3 Å². The molecule has 0 aliphatic carbocycles. The second-order valence-corrected chi connectivity index (χ2v) is 5.93. The molecule has 100 valence electrons. The minimum absolute atomic E-state index is 0.334. The lowest BCUT2D eigenvalue weighted by Gasteiger charge is -2.16. The molecule has 2 aromatic carbocycles. The molecule has 0 aliphatic heterocycles. The van der Waals surface area contributed by atoms with Gasteiger partial charge >= 0.3 is 0 Å². The molecule has 1 nitrogen and oxygen atoms in total. The van der Waals surface area contributed by atoms with E-state index in [1.807, 2.05) is 12.1 Å². The highest BCUT2D eigenvalue weighted by Gasteiger charge is 2.13. The predicted octanol–water partition coefficient (Wildman–Crippen LogP) is 4.99. The lowest BCUT2D eigenvalue weighted by Crippen LogP contribution is -2.01. The van der Waals surface area contributed by atoms with Crippen molar-refractivity contribution in [2.24, 2.45) is 0 Å². The molecular formula is C17H19BrO. The van der Waals surface area contributed by atoms with Gasteiger partial charge < -0.3 is 4.74 Å². The highest BCUT2D eigenvalue weighted by atomic mass is 79.9. The predicted molar refractivity (Wildman–Crippen MR) is 84.3 cm³/mol. The standard InChI is InChI=1S/C17H19BrO/c1-12-6-4-7-13(2)17(12)16(18)11-14-8-5-9-15(10-14)19-3/h4-10,16H,11H2,1-3H3. The Kier molecular flexibility index (Phi) is 4.65. The van der Waals surface area contributed by atoms with E-state index in [9.17, 15) is 0 Å². The summed E-state index contributed by atoms with van der Waals surface area (Å²) in [5.41, 5.74) is 5.35. The number of ether oxygens (including phenoxy) is 1. The van der Waals surface area contributed by atoms with E-state index in [0.29, 0.717) is 4.83 Å². The molecule has 0 N–H and O–H groups in total. The van der Waals surface area contributed by atoms with E-state index in [1.54, 1.807) is 7.11 Å². The Hall–Kier alpha value is -1.28. The summed E-state index contributed by atoms with van der Waals surface area (Å²) < 4.78 is 5.27. The third kappa shape index (κ3) is 3.38. The number of hydrogen-bond acceptors (Lipinski definition) is 1. The zero-order chi connectivity index (χ0) is 13.8. The van der Waals surface area contributed by atoms with Crippen molar-refractivity contribution in [1.29, 1.82) is 0 Å². The van der Waals surface area contributed by atoms with Gasteiger partial charge in [-0.05, 0) is 54.7 Å². The highest BCUT2D eigenvalue weighted by Crippen LogP contribution is 2.32. The minimum atomic E-state index is 0.334. The van der Waals surface area contributed by atoms with Crippen molar-refractivity contribution in [3.8, 4) is 5.75 Å². The molecule has 2 rings (SSSR count). The van der Waals surface area contributed by atoms with Crippen LogP contribution in [0.4, 0.5) is 0 Å². The highest BCUT2D eigenvalue weighted by molar-refractivity contribution is 9.09.